The van der Waals surface area contributed by atoms with E-state index in [9.17, 15) is 24.0 Å². The average Bonchev–Trinajstić information content (AvgIpc) is 3.18. The maximum Gasteiger partial charge on any atom is 0.410 e. The van der Waals surface area contributed by atoms with E-state index in [0.29, 0.717) is 31.7 Å². The highest BCUT2D eigenvalue weighted by atomic mass is 16.6. The highest BCUT2D eigenvalue weighted by molar-refractivity contribution is 5.91. The summed E-state index contributed by atoms with van der Waals surface area (Å²) in [6.07, 6.45) is 14.7. The molecule has 2 rings (SSSR count). The van der Waals surface area contributed by atoms with Crippen LogP contribution in [0.15, 0.2) is 30.3 Å². The third-order valence-corrected chi connectivity index (χ3v) is 10.7. The van der Waals surface area contributed by atoms with E-state index < -0.39 is 53.7 Å². The zero-order valence-electron chi connectivity index (χ0n) is 35.4. The lowest BCUT2D eigenvalue weighted by atomic mass is 9.89. The number of nitrogens with one attached hydrogen (secondary N) is 4. The standard InChI is InChI=1S/C43H73N5O8/c1-8-9-10-11-12-13-14-15-22-27-37(49)56-43(33(4)5,46-42(53)55-7)40(51)44-36(29-28-34-23-18-16-19-24-34)31-48(30-35-25-20-17-21-26-35)47-39(50)38(32(2)3)45-41(52)54-6/h16,18-19,23-24,32-33,35-36,38H,8-15,17,20-22,25-31H2,1-7H3,(H,44,51)(H,45,52)(H,46,53)(H,47,50)/t36-,38-,43+/m0/s1. The van der Waals surface area contributed by atoms with E-state index in [2.05, 4.69) is 28.3 Å². The number of hydrazine groups is 1. The van der Waals surface area contributed by atoms with Gasteiger partial charge >= 0.3 is 18.2 Å². The van der Waals surface area contributed by atoms with Crippen molar-refractivity contribution in [2.24, 2.45) is 17.8 Å². The van der Waals surface area contributed by atoms with Crippen LogP contribution in [-0.4, -0.2) is 80.1 Å². The van der Waals surface area contributed by atoms with Crippen LogP contribution < -0.4 is 21.4 Å². The van der Waals surface area contributed by atoms with Gasteiger partial charge in [0.05, 0.1) is 14.2 Å². The Morgan fingerprint density at radius 1 is 0.804 bits per heavy atom. The maximum absolute atomic E-state index is 14.6. The molecule has 1 aliphatic carbocycles. The van der Waals surface area contributed by atoms with Gasteiger partial charge in [-0.05, 0) is 49.5 Å². The van der Waals surface area contributed by atoms with Crippen LogP contribution in [0.25, 0.3) is 0 Å². The summed E-state index contributed by atoms with van der Waals surface area (Å²) in [5.41, 5.74) is 2.07. The number of rotatable bonds is 26. The van der Waals surface area contributed by atoms with Crippen molar-refractivity contribution in [2.45, 2.75) is 162 Å². The molecule has 1 aromatic carbocycles. The average molecular weight is 788 g/mol. The molecule has 4 N–H and O–H groups in total. The molecule has 1 aromatic rings. The number of benzene rings is 1. The van der Waals surface area contributed by atoms with Gasteiger partial charge in [-0.2, -0.15) is 0 Å². The Morgan fingerprint density at radius 2 is 1.41 bits per heavy atom. The molecule has 0 aromatic heterocycles. The largest absolute Gasteiger partial charge is 0.453 e. The van der Waals surface area contributed by atoms with Crippen molar-refractivity contribution < 1.29 is 38.2 Å². The van der Waals surface area contributed by atoms with Gasteiger partial charge < -0.3 is 24.8 Å². The summed E-state index contributed by atoms with van der Waals surface area (Å²) >= 11 is 0. The number of amides is 4. The summed E-state index contributed by atoms with van der Waals surface area (Å²) in [6.45, 7) is 10.0. The van der Waals surface area contributed by atoms with Gasteiger partial charge in [-0.1, -0.05) is 136 Å². The van der Waals surface area contributed by atoms with Crippen molar-refractivity contribution >= 4 is 30.0 Å². The molecule has 13 nitrogen and oxygen atoms in total. The number of methoxy groups -OCH3 is 2. The topological polar surface area (TPSA) is 164 Å². The van der Waals surface area contributed by atoms with E-state index in [-0.39, 0.29) is 18.9 Å². The Hall–Kier alpha value is -3.87. The second-order valence-electron chi connectivity index (χ2n) is 16.0. The quantitative estimate of drug-likeness (QED) is 0.0244. The van der Waals surface area contributed by atoms with E-state index in [1.54, 1.807) is 13.8 Å². The van der Waals surface area contributed by atoms with E-state index in [1.807, 2.05) is 49.2 Å². The molecule has 4 amide bonds. The van der Waals surface area contributed by atoms with Crippen LogP contribution in [0.5, 0.6) is 0 Å². The minimum Gasteiger partial charge on any atom is -0.453 e. The van der Waals surface area contributed by atoms with Gasteiger partial charge in [-0.25, -0.2) is 14.6 Å². The van der Waals surface area contributed by atoms with Crippen molar-refractivity contribution in [1.82, 2.24) is 26.4 Å². The van der Waals surface area contributed by atoms with Gasteiger partial charge in [0.1, 0.15) is 6.04 Å². The first kappa shape index (κ1) is 48.3. The number of alkyl carbamates (subject to hydrolysis) is 2. The molecule has 0 radical (unpaired) electrons. The Morgan fingerprint density at radius 3 is 1.98 bits per heavy atom. The number of ether oxygens (including phenoxy) is 3. The predicted octanol–water partition coefficient (Wildman–Crippen LogP) is 7.57. The van der Waals surface area contributed by atoms with Gasteiger partial charge in [0.15, 0.2) is 0 Å². The van der Waals surface area contributed by atoms with Gasteiger partial charge in [-0.3, -0.25) is 25.1 Å². The number of carbonyl (C=O) groups excluding carboxylic acids is 5. The molecule has 0 saturated heterocycles. The fourth-order valence-electron chi connectivity index (χ4n) is 7.21. The molecular weight excluding hydrogens is 714 g/mol. The van der Waals surface area contributed by atoms with Crippen molar-refractivity contribution in [3.05, 3.63) is 35.9 Å². The van der Waals surface area contributed by atoms with Gasteiger partial charge in [0.25, 0.3) is 17.5 Å². The van der Waals surface area contributed by atoms with Crippen LogP contribution in [0.2, 0.25) is 0 Å². The molecule has 1 saturated carbocycles. The van der Waals surface area contributed by atoms with Gasteiger partial charge in [-0.15, -0.1) is 0 Å². The van der Waals surface area contributed by atoms with Crippen LogP contribution >= 0.6 is 0 Å². The number of hydrogen-bond acceptors (Lipinski definition) is 9. The first-order valence-electron chi connectivity index (χ1n) is 21.2. The van der Waals surface area contributed by atoms with Gasteiger partial charge in [0.2, 0.25) is 0 Å². The molecule has 1 aliphatic rings. The van der Waals surface area contributed by atoms with E-state index in [4.69, 9.17) is 14.2 Å². The lowest BCUT2D eigenvalue weighted by molar-refractivity contribution is -0.178. The van der Waals surface area contributed by atoms with Crippen LogP contribution in [-0.2, 0) is 35.0 Å². The summed E-state index contributed by atoms with van der Waals surface area (Å²) in [6, 6.07) is 8.44. The Balaban J connectivity index is 2.36. The highest BCUT2D eigenvalue weighted by Crippen LogP contribution is 2.26. The number of hydrogen-bond donors (Lipinski definition) is 4. The molecular formula is C43H73N5O8. The van der Waals surface area contributed by atoms with E-state index >= 15 is 0 Å². The second kappa shape index (κ2) is 26.9. The number of aryl methyl sites for hydroxylation is 1. The van der Waals surface area contributed by atoms with Crippen molar-refractivity contribution in [3.8, 4) is 0 Å². The smallest absolute Gasteiger partial charge is 0.410 e. The lowest BCUT2D eigenvalue weighted by Crippen LogP contribution is -2.66. The number of nitrogens with zero attached hydrogens (tertiary/aromatic N) is 1. The number of carbonyl (C=O) groups is 5. The van der Waals surface area contributed by atoms with Crippen molar-refractivity contribution in [3.63, 3.8) is 0 Å². The number of unbranched alkanes of at least 4 members (excludes halogenated alkanes) is 8. The molecule has 0 spiro atoms. The van der Waals surface area contributed by atoms with Crippen LogP contribution in [0, 0.1) is 17.8 Å². The second-order valence-corrected chi connectivity index (χ2v) is 16.0. The predicted molar refractivity (Wildman–Crippen MR) is 218 cm³/mol. The molecule has 0 bridgehead atoms. The van der Waals surface area contributed by atoms with Crippen molar-refractivity contribution in [2.75, 3.05) is 27.3 Å². The third-order valence-electron chi connectivity index (χ3n) is 10.7. The Bertz CT molecular complexity index is 1310. The summed E-state index contributed by atoms with van der Waals surface area (Å²) in [4.78, 5) is 66.7. The molecule has 56 heavy (non-hydrogen) atoms. The molecule has 3 atom stereocenters. The van der Waals surface area contributed by atoms with Crippen LogP contribution in [0.1, 0.15) is 143 Å². The Labute approximate surface area is 336 Å². The summed E-state index contributed by atoms with van der Waals surface area (Å²) < 4.78 is 15.7. The minimum absolute atomic E-state index is 0.107. The first-order chi connectivity index (χ1) is 26.8. The third kappa shape index (κ3) is 17.9. The lowest BCUT2D eigenvalue weighted by Gasteiger charge is -2.38. The van der Waals surface area contributed by atoms with Crippen molar-refractivity contribution in [1.29, 1.82) is 0 Å². The minimum atomic E-state index is -2.06. The van der Waals surface area contributed by atoms with Crippen LogP contribution in [0.4, 0.5) is 9.59 Å². The normalized spacial score (nSPS) is 15.4. The maximum atomic E-state index is 14.6. The Kier molecular flexibility index (Phi) is 23.2. The fourth-order valence-corrected chi connectivity index (χ4v) is 7.21. The molecule has 318 valence electrons. The summed E-state index contributed by atoms with van der Waals surface area (Å²) in [7, 11) is 2.44. The number of esters is 1. The molecule has 0 aliphatic heterocycles. The van der Waals surface area contributed by atoms with E-state index in [1.165, 1.54) is 52.7 Å². The van der Waals surface area contributed by atoms with Gasteiger partial charge in [0, 0.05) is 31.5 Å². The van der Waals surface area contributed by atoms with E-state index in [0.717, 1.165) is 50.5 Å². The highest BCUT2D eigenvalue weighted by Gasteiger charge is 2.48. The SMILES string of the molecule is CCCCCCCCCCCC(=O)O[C@@](NC(=O)OC)(C(=O)N[C@@H](CCc1ccccc1)CN(CC1CCCCC1)NC(=O)[C@@H](NC(=O)OC)C(C)C)C(C)C. The molecule has 1 fully saturated rings. The molecule has 0 unspecified atom stereocenters. The zero-order valence-corrected chi connectivity index (χ0v) is 35.4. The zero-order chi connectivity index (χ0) is 41.3. The summed E-state index contributed by atoms with van der Waals surface area (Å²) in [5, 5.41) is 10.2. The van der Waals surface area contributed by atoms with Crippen LogP contribution in [0.3, 0.4) is 0 Å². The monoisotopic (exact) mass is 788 g/mol. The fraction of sp³-hybridized carbons (Fsp3) is 0.744. The summed E-state index contributed by atoms with van der Waals surface area (Å²) in [5.74, 6) is -2.26. The molecule has 0 heterocycles. The molecule has 13 heteroatoms. The first-order valence-corrected chi connectivity index (χ1v) is 21.2.